The van der Waals surface area contributed by atoms with Gasteiger partial charge in [-0.1, -0.05) is 12.8 Å². The summed E-state index contributed by atoms with van der Waals surface area (Å²) in [6.07, 6.45) is 4.14. The van der Waals surface area contributed by atoms with Gasteiger partial charge in [0.2, 0.25) is 5.91 Å². The van der Waals surface area contributed by atoms with Crippen molar-refractivity contribution >= 4 is 17.5 Å². The molecule has 1 aliphatic heterocycles. The summed E-state index contributed by atoms with van der Waals surface area (Å²) in [6, 6.07) is -0.0220. The van der Waals surface area contributed by atoms with Crippen LogP contribution in [0.3, 0.4) is 0 Å². The quantitative estimate of drug-likeness (QED) is 0.713. The first kappa shape index (κ1) is 11.8. The van der Waals surface area contributed by atoms with Crippen LogP contribution >= 0.6 is 11.6 Å². The monoisotopic (exact) mass is 219 g/mol. The molecule has 0 aromatic carbocycles. The standard InChI is InChI=1S/C10H18ClNO2/c1-8(11)10(14)12-6-4-2-3-5-9(12)7-13/h8-9,13H,2-7H2,1H3. The van der Waals surface area contributed by atoms with Crippen molar-refractivity contribution in [1.82, 2.24) is 4.90 Å². The van der Waals surface area contributed by atoms with Crippen LogP contribution in [0.1, 0.15) is 32.6 Å². The van der Waals surface area contributed by atoms with E-state index in [-0.39, 0.29) is 18.6 Å². The summed E-state index contributed by atoms with van der Waals surface area (Å²) in [5.41, 5.74) is 0. The van der Waals surface area contributed by atoms with Crippen molar-refractivity contribution in [2.24, 2.45) is 0 Å². The van der Waals surface area contributed by atoms with Crippen molar-refractivity contribution in [3.63, 3.8) is 0 Å². The van der Waals surface area contributed by atoms with Crippen molar-refractivity contribution < 1.29 is 9.90 Å². The molecule has 1 saturated heterocycles. The van der Waals surface area contributed by atoms with Crippen molar-refractivity contribution in [2.45, 2.75) is 44.0 Å². The molecule has 2 atom stereocenters. The third kappa shape index (κ3) is 2.85. The average molecular weight is 220 g/mol. The smallest absolute Gasteiger partial charge is 0.240 e. The molecule has 4 heteroatoms. The number of alkyl halides is 1. The van der Waals surface area contributed by atoms with Gasteiger partial charge in [-0.25, -0.2) is 0 Å². The first-order valence-corrected chi connectivity index (χ1v) is 5.66. The van der Waals surface area contributed by atoms with Crippen molar-refractivity contribution in [3.05, 3.63) is 0 Å². The van der Waals surface area contributed by atoms with Crippen LogP contribution in [0.2, 0.25) is 0 Å². The summed E-state index contributed by atoms with van der Waals surface area (Å²) in [7, 11) is 0. The lowest BCUT2D eigenvalue weighted by molar-refractivity contribution is -0.133. The highest BCUT2D eigenvalue weighted by atomic mass is 35.5. The number of likely N-dealkylation sites (tertiary alicyclic amines) is 1. The number of carbonyl (C=O) groups excluding carboxylic acids is 1. The fourth-order valence-corrected chi connectivity index (χ4v) is 2.01. The maximum Gasteiger partial charge on any atom is 0.240 e. The molecule has 0 radical (unpaired) electrons. The number of nitrogens with zero attached hydrogens (tertiary/aromatic N) is 1. The Balaban J connectivity index is 2.65. The van der Waals surface area contributed by atoms with E-state index >= 15 is 0 Å². The van der Waals surface area contributed by atoms with Gasteiger partial charge in [0.05, 0.1) is 12.6 Å². The number of aliphatic hydroxyl groups excluding tert-OH is 1. The number of hydrogen-bond donors (Lipinski definition) is 1. The molecule has 0 aromatic heterocycles. The van der Waals surface area contributed by atoms with Crippen LogP contribution in [0.5, 0.6) is 0 Å². The molecule has 14 heavy (non-hydrogen) atoms. The Kier molecular flexibility index (Phi) is 4.69. The summed E-state index contributed by atoms with van der Waals surface area (Å²) < 4.78 is 0. The normalized spacial score (nSPS) is 25.6. The van der Waals surface area contributed by atoms with Gasteiger partial charge in [0.15, 0.2) is 0 Å². The van der Waals surface area contributed by atoms with Crippen LogP contribution in [-0.2, 0) is 4.79 Å². The van der Waals surface area contributed by atoms with E-state index in [4.69, 9.17) is 11.6 Å². The molecule has 1 aliphatic rings. The third-order valence-corrected chi connectivity index (χ3v) is 2.90. The zero-order chi connectivity index (χ0) is 10.6. The lowest BCUT2D eigenvalue weighted by Crippen LogP contribution is -2.44. The lowest BCUT2D eigenvalue weighted by Gasteiger charge is -2.29. The van der Waals surface area contributed by atoms with Gasteiger partial charge in [0.1, 0.15) is 5.38 Å². The van der Waals surface area contributed by atoms with Crippen molar-refractivity contribution in [1.29, 1.82) is 0 Å². The zero-order valence-electron chi connectivity index (χ0n) is 8.58. The van der Waals surface area contributed by atoms with Crippen LogP contribution in [-0.4, -0.2) is 40.5 Å². The predicted octanol–water partition coefficient (Wildman–Crippen LogP) is 1.38. The highest BCUT2D eigenvalue weighted by molar-refractivity contribution is 6.30. The van der Waals surface area contributed by atoms with Gasteiger partial charge in [0.25, 0.3) is 0 Å². The Labute approximate surface area is 90.0 Å². The molecule has 1 rings (SSSR count). The van der Waals surface area contributed by atoms with E-state index in [1.807, 2.05) is 0 Å². The Morgan fingerprint density at radius 1 is 1.57 bits per heavy atom. The second-order valence-electron chi connectivity index (χ2n) is 3.83. The molecule has 1 amide bonds. The molecule has 0 bridgehead atoms. The van der Waals surface area contributed by atoms with E-state index in [2.05, 4.69) is 0 Å². The molecule has 3 nitrogen and oxygen atoms in total. The molecule has 0 aromatic rings. The number of aliphatic hydroxyl groups is 1. The van der Waals surface area contributed by atoms with Gasteiger partial charge in [-0.15, -0.1) is 11.6 Å². The Morgan fingerprint density at radius 3 is 2.86 bits per heavy atom. The fraction of sp³-hybridized carbons (Fsp3) is 0.900. The van der Waals surface area contributed by atoms with Crippen LogP contribution in [0, 0.1) is 0 Å². The summed E-state index contributed by atoms with van der Waals surface area (Å²) >= 11 is 5.76. The topological polar surface area (TPSA) is 40.5 Å². The van der Waals surface area contributed by atoms with Gasteiger partial charge in [-0.2, -0.15) is 0 Å². The van der Waals surface area contributed by atoms with E-state index in [0.717, 1.165) is 32.2 Å². The summed E-state index contributed by atoms with van der Waals surface area (Å²) in [5, 5.41) is 8.70. The van der Waals surface area contributed by atoms with Gasteiger partial charge in [-0.3, -0.25) is 4.79 Å². The molecular formula is C10H18ClNO2. The SMILES string of the molecule is CC(Cl)C(=O)N1CCCCCC1CO. The van der Waals surface area contributed by atoms with E-state index in [9.17, 15) is 9.90 Å². The Bertz CT molecular complexity index is 197. The third-order valence-electron chi connectivity index (χ3n) is 2.71. The largest absolute Gasteiger partial charge is 0.394 e. The molecule has 82 valence electrons. The summed E-state index contributed by atoms with van der Waals surface area (Å²) in [5.74, 6) is -0.0485. The van der Waals surface area contributed by atoms with Gasteiger partial charge < -0.3 is 10.0 Å². The summed E-state index contributed by atoms with van der Waals surface area (Å²) in [6.45, 7) is 2.47. The second-order valence-corrected chi connectivity index (χ2v) is 4.49. The highest BCUT2D eigenvalue weighted by Crippen LogP contribution is 2.18. The zero-order valence-corrected chi connectivity index (χ0v) is 9.33. The molecule has 0 aliphatic carbocycles. The molecule has 0 saturated carbocycles. The number of rotatable bonds is 2. The number of amides is 1. The molecule has 2 unspecified atom stereocenters. The average Bonchev–Trinajstić information content (AvgIpc) is 2.40. The fourth-order valence-electron chi connectivity index (χ4n) is 1.89. The maximum absolute atomic E-state index is 11.7. The minimum atomic E-state index is -0.484. The van der Waals surface area contributed by atoms with Crippen LogP contribution in [0.4, 0.5) is 0 Å². The maximum atomic E-state index is 11.7. The minimum Gasteiger partial charge on any atom is -0.394 e. The molecule has 1 fully saturated rings. The second kappa shape index (κ2) is 5.56. The van der Waals surface area contributed by atoms with Crippen molar-refractivity contribution in [3.8, 4) is 0 Å². The number of hydrogen-bond acceptors (Lipinski definition) is 2. The first-order chi connectivity index (χ1) is 6.66. The molecular weight excluding hydrogens is 202 g/mol. The Hall–Kier alpha value is -0.280. The van der Waals surface area contributed by atoms with E-state index < -0.39 is 5.38 Å². The number of halogens is 1. The van der Waals surface area contributed by atoms with Crippen LogP contribution < -0.4 is 0 Å². The van der Waals surface area contributed by atoms with E-state index in [1.165, 1.54) is 0 Å². The van der Waals surface area contributed by atoms with Gasteiger partial charge in [0, 0.05) is 6.54 Å². The lowest BCUT2D eigenvalue weighted by atomic mass is 10.1. The van der Waals surface area contributed by atoms with Gasteiger partial charge >= 0.3 is 0 Å². The highest BCUT2D eigenvalue weighted by Gasteiger charge is 2.26. The number of carbonyl (C=O) groups is 1. The van der Waals surface area contributed by atoms with Crippen LogP contribution in [0.25, 0.3) is 0 Å². The minimum absolute atomic E-state index is 0.0220. The van der Waals surface area contributed by atoms with E-state index in [0.29, 0.717) is 0 Å². The van der Waals surface area contributed by atoms with Crippen LogP contribution in [0.15, 0.2) is 0 Å². The molecule has 1 N–H and O–H groups in total. The van der Waals surface area contributed by atoms with Gasteiger partial charge in [-0.05, 0) is 19.8 Å². The first-order valence-electron chi connectivity index (χ1n) is 5.22. The van der Waals surface area contributed by atoms with E-state index in [1.54, 1.807) is 11.8 Å². The molecule has 1 heterocycles. The Morgan fingerprint density at radius 2 is 2.29 bits per heavy atom. The molecule has 0 spiro atoms. The predicted molar refractivity (Wildman–Crippen MR) is 56.4 cm³/mol. The summed E-state index contributed by atoms with van der Waals surface area (Å²) in [4.78, 5) is 13.4. The van der Waals surface area contributed by atoms with Crippen molar-refractivity contribution in [2.75, 3.05) is 13.2 Å².